The maximum Gasteiger partial charge on any atom is 2.00 e. The average molecular weight is 515 g/mol. The van der Waals surface area contributed by atoms with Crippen LogP contribution in [0, 0.1) is 17.9 Å². The van der Waals surface area contributed by atoms with Crippen molar-refractivity contribution < 1.29 is 32.8 Å². The molecule has 1 nitrogen and oxygen atoms in total. The molecule has 0 aliphatic carbocycles. The SMILES string of the molecule is CN(C)c1cc[c-]cc1.C[C-](C)C.C[C-](C)C(Cl)Cl.[Cl-].[PH4+].[PH4+].[Pd+2]. The molecule has 0 amide bonds. The number of hydrogen-bond donors (Lipinski definition) is 0. The van der Waals surface area contributed by atoms with Gasteiger partial charge in [-0.25, -0.2) is 0 Å². The first kappa shape index (κ1) is 39.5. The van der Waals surface area contributed by atoms with E-state index in [1.165, 1.54) is 11.6 Å². The van der Waals surface area contributed by atoms with Gasteiger partial charge >= 0.3 is 20.4 Å². The Labute approximate surface area is 181 Å². The monoisotopic (exact) mass is 513 g/mol. The molecule has 0 saturated heterocycles. The summed E-state index contributed by atoms with van der Waals surface area (Å²) >= 11 is 10.7. The van der Waals surface area contributed by atoms with Gasteiger partial charge in [0.1, 0.15) is 0 Å². The van der Waals surface area contributed by atoms with Crippen LogP contribution >= 0.6 is 43.0 Å². The number of halogens is 3. The topological polar surface area (TPSA) is 3.24 Å². The molecule has 0 bridgehead atoms. The van der Waals surface area contributed by atoms with Crippen LogP contribution in [-0.2, 0) is 20.4 Å². The normalized spacial score (nSPS) is 8.00. The van der Waals surface area contributed by atoms with E-state index in [2.05, 4.69) is 31.7 Å². The molecule has 0 saturated carbocycles. The molecule has 0 aliphatic heterocycles. The van der Waals surface area contributed by atoms with Gasteiger partial charge in [-0.3, -0.25) is 5.92 Å². The summed E-state index contributed by atoms with van der Waals surface area (Å²) in [6.45, 7) is 10.0. The Balaban J connectivity index is -0.0000000465. The van der Waals surface area contributed by atoms with Crippen LogP contribution in [0.2, 0.25) is 0 Å². The number of anilines is 1. The molecule has 0 radical (unpaired) electrons. The van der Waals surface area contributed by atoms with Gasteiger partial charge in [0.2, 0.25) is 0 Å². The van der Waals surface area contributed by atoms with Gasteiger partial charge in [0.15, 0.2) is 0 Å². The largest absolute Gasteiger partial charge is 2.00 e. The van der Waals surface area contributed by atoms with Gasteiger partial charge in [-0.15, -0.1) is 35.3 Å². The van der Waals surface area contributed by atoms with Gasteiger partial charge < -0.3 is 23.2 Å². The van der Waals surface area contributed by atoms with Crippen LogP contribution in [0.3, 0.4) is 0 Å². The predicted molar refractivity (Wildman–Crippen MR) is 115 cm³/mol. The Bertz CT molecular complexity index is 292. The van der Waals surface area contributed by atoms with Crippen LogP contribution in [0.1, 0.15) is 34.6 Å². The first-order valence-electron chi connectivity index (χ1n) is 6.16. The second-order valence-electron chi connectivity index (χ2n) is 5.03. The van der Waals surface area contributed by atoms with Gasteiger partial charge in [-0.05, 0) is 24.6 Å². The maximum absolute atomic E-state index is 5.34. The van der Waals surface area contributed by atoms with Crippen molar-refractivity contribution in [2.75, 3.05) is 19.0 Å². The minimum atomic E-state index is -0.287. The van der Waals surface area contributed by atoms with Gasteiger partial charge in [0, 0.05) is 14.1 Å². The molecular weight excluding hydrogens is 481 g/mol. The summed E-state index contributed by atoms with van der Waals surface area (Å²) in [6, 6.07) is 10.8. The van der Waals surface area contributed by atoms with Gasteiger partial charge in [-0.1, -0.05) is 5.69 Å². The molecule has 23 heavy (non-hydrogen) atoms. The first-order valence-corrected chi connectivity index (χ1v) is 7.04. The van der Waals surface area contributed by atoms with E-state index >= 15 is 0 Å². The quantitative estimate of drug-likeness (QED) is 0.253. The van der Waals surface area contributed by atoms with E-state index < -0.39 is 0 Å². The van der Waals surface area contributed by atoms with Crippen molar-refractivity contribution in [3.05, 3.63) is 42.2 Å². The summed E-state index contributed by atoms with van der Waals surface area (Å²) in [7, 11) is 4.05. The summed E-state index contributed by atoms with van der Waals surface area (Å²) in [5, 5.41) is 0. The molecule has 2 unspecified atom stereocenters. The zero-order chi connectivity index (χ0) is 15.4. The van der Waals surface area contributed by atoms with E-state index in [-0.39, 0.29) is 57.5 Å². The second kappa shape index (κ2) is 25.7. The molecule has 0 N–H and O–H groups in total. The van der Waals surface area contributed by atoms with E-state index in [1.54, 1.807) is 0 Å². The summed E-state index contributed by atoms with van der Waals surface area (Å²) < 4.78 is 0. The Morgan fingerprint density at radius 1 is 0.957 bits per heavy atom. The number of rotatable bonds is 2. The Morgan fingerprint density at radius 2 is 1.22 bits per heavy atom. The van der Waals surface area contributed by atoms with E-state index in [0.29, 0.717) is 0 Å². The number of nitrogens with zero attached hydrogens (tertiary/aromatic N) is 1. The van der Waals surface area contributed by atoms with Crippen LogP contribution < -0.4 is 17.3 Å². The molecule has 0 fully saturated rings. The van der Waals surface area contributed by atoms with Crippen molar-refractivity contribution >= 4 is 48.7 Å². The fraction of sp³-hybridized carbons (Fsp3) is 0.500. The third-order valence-corrected chi connectivity index (χ3v) is 2.53. The zero-order valence-corrected chi connectivity index (χ0v) is 23.6. The summed E-state index contributed by atoms with van der Waals surface area (Å²) in [4.78, 5) is 1.78. The van der Waals surface area contributed by atoms with Crippen molar-refractivity contribution in [1.29, 1.82) is 0 Å². The first-order chi connectivity index (χ1) is 8.68. The molecule has 1 aromatic rings. The third-order valence-electron chi connectivity index (χ3n) is 1.65. The molecule has 144 valence electrons. The smallest absolute Gasteiger partial charge is 1.00 e. The molecule has 0 heterocycles. The summed E-state index contributed by atoms with van der Waals surface area (Å²) in [5.74, 6) is 2.46. The third kappa shape index (κ3) is 35.4. The van der Waals surface area contributed by atoms with Crippen LogP contribution in [-0.4, -0.2) is 18.9 Å². The molecule has 2 atom stereocenters. The van der Waals surface area contributed by atoms with Gasteiger partial charge in [0.05, 0.1) is 0 Å². The van der Waals surface area contributed by atoms with E-state index in [9.17, 15) is 0 Å². The minimum absolute atomic E-state index is 0. The molecule has 1 rings (SSSR count). The van der Waals surface area contributed by atoms with Gasteiger partial charge in [0.25, 0.3) is 0 Å². The molecular formula is C16H34Cl3NP2Pd. The van der Waals surface area contributed by atoms with E-state index in [4.69, 9.17) is 23.2 Å². The van der Waals surface area contributed by atoms with Gasteiger partial charge in [-0.2, -0.15) is 52.8 Å². The average Bonchev–Trinajstić information content (AvgIpc) is 2.30. The number of alkyl halides is 2. The Hall–Kier alpha value is 1.41. The standard InChI is InChI=1S/C8H10N.C4H7Cl2.C4H9.ClH.2H3P.Pd/c1-9(2)8-6-4-3-5-7-8;1-3(2)4(5)6;1-4(2)3;;;;/h4-7H,1-2H3;4H,1-2H3;1-3H3;1H;2*1H3;/q3*-1;;;;+2/p+1. The minimum Gasteiger partial charge on any atom is -1.00 e. The fourth-order valence-electron chi connectivity index (χ4n) is 0.676. The molecule has 1 aromatic carbocycles. The Kier molecular flexibility index (Phi) is 44.0. The van der Waals surface area contributed by atoms with Crippen LogP contribution in [0.4, 0.5) is 5.69 Å². The predicted octanol–water partition coefficient (Wildman–Crippen LogP) is 2.16. The number of hydrogen-bond acceptors (Lipinski definition) is 1. The maximum atomic E-state index is 5.34. The van der Waals surface area contributed by atoms with Crippen LogP contribution in [0.5, 0.6) is 0 Å². The van der Waals surface area contributed by atoms with Crippen molar-refractivity contribution in [3.63, 3.8) is 0 Å². The van der Waals surface area contributed by atoms with Crippen molar-refractivity contribution in [3.8, 4) is 0 Å². The fourth-order valence-corrected chi connectivity index (χ4v) is 0.676. The zero-order valence-electron chi connectivity index (χ0n) is 15.8. The van der Waals surface area contributed by atoms with E-state index in [1.807, 2.05) is 52.2 Å². The molecule has 0 aromatic heterocycles. The van der Waals surface area contributed by atoms with Crippen molar-refractivity contribution in [2.45, 2.75) is 39.5 Å². The summed E-state index contributed by atoms with van der Waals surface area (Å²) in [6.07, 6.45) is 0. The summed E-state index contributed by atoms with van der Waals surface area (Å²) in [5.41, 5.74) is 1.22. The van der Waals surface area contributed by atoms with Crippen molar-refractivity contribution in [1.82, 2.24) is 0 Å². The Morgan fingerprint density at radius 3 is 1.35 bits per heavy atom. The number of benzene rings is 1. The molecule has 0 aliphatic rings. The van der Waals surface area contributed by atoms with Crippen LogP contribution in [0.25, 0.3) is 0 Å². The van der Waals surface area contributed by atoms with E-state index in [0.717, 1.165) is 5.92 Å². The van der Waals surface area contributed by atoms with Crippen LogP contribution in [0.15, 0.2) is 24.3 Å². The van der Waals surface area contributed by atoms with Crippen molar-refractivity contribution in [2.24, 2.45) is 0 Å². The molecule has 7 heteroatoms. The molecule has 0 spiro atoms. The second-order valence-corrected chi connectivity index (χ2v) is 6.13.